The first-order valence-electron chi connectivity index (χ1n) is 10.0. The predicted octanol–water partition coefficient (Wildman–Crippen LogP) is 4.63. The molecule has 0 aliphatic carbocycles. The van der Waals surface area contributed by atoms with Crippen molar-refractivity contribution in [2.75, 3.05) is 4.90 Å². The Kier molecular flexibility index (Phi) is 7.39. The molecule has 1 aromatic heterocycles. The summed E-state index contributed by atoms with van der Waals surface area (Å²) in [7, 11) is 0. The lowest BCUT2D eigenvalue weighted by Crippen LogP contribution is -2.46. The van der Waals surface area contributed by atoms with Gasteiger partial charge < -0.3 is 5.32 Å². The molecule has 0 aliphatic heterocycles. The van der Waals surface area contributed by atoms with Crippen LogP contribution in [0.25, 0.3) is 0 Å². The maximum atomic E-state index is 13.7. The van der Waals surface area contributed by atoms with Gasteiger partial charge in [-0.15, -0.1) is 5.10 Å². The number of halogens is 1. The molecule has 0 fully saturated rings. The molecule has 172 valence electrons. The van der Waals surface area contributed by atoms with Crippen LogP contribution in [0.1, 0.15) is 46.4 Å². The van der Waals surface area contributed by atoms with Gasteiger partial charge in [-0.05, 0) is 74.6 Å². The lowest BCUT2D eigenvalue weighted by Gasteiger charge is -2.32. The largest absolute Gasteiger partial charge is 0.352 e. The third kappa shape index (κ3) is 5.35. The summed E-state index contributed by atoms with van der Waals surface area (Å²) in [5, 5.41) is 18.3. The van der Waals surface area contributed by atoms with Gasteiger partial charge in [-0.2, -0.15) is 0 Å². The molecule has 33 heavy (non-hydrogen) atoms. The highest BCUT2D eigenvalue weighted by Crippen LogP contribution is 2.33. The summed E-state index contributed by atoms with van der Waals surface area (Å²) in [5.41, 5.74) is 1.56. The molecular formula is C22H22ClN5O4S. The number of hydrogen-bond acceptors (Lipinski definition) is 7. The number of aryl methyl sites for hydroxylation is 2. The Hall–Kier alpha value is -3.37. The maximum absolute atomic E-state index is 13.7. The lowest BCUT2D eigenvalue weighted by atomic mass is 10.0. The molecule has 1 unspecified atom stereocenters. The average Bonchev–Trinajstić information content (AvgIpc) is 3.19. The Balaban J connectivity index is 2.22. The molecule has 0 aliphatic rings. The van der Waals surface area contributed by atoms with Crippen LogP contribution in [0.15, 0.2) is 42.5 Å². The number of carbonyl (C=O) groups excluding carboxylic acids is 2. The van der Waals surface area contributed by atoms with Gasteiger partial charge in [0.1, 0.15) is 6.04 Å². The topological polar surface area (TPSA) is 118 Å². The van der Waals surface area contributed by atoms with Gasteiger partial charge in [-0.25, -0.2) is 0 Å². The first kappa shape index (κ1) is 24.3. The molecule has 0 saturated heterocycles. The van der Waals surface area contributed by atoms with Crippen LogP contribution in [-0.2, 0) is 4.79 Å². The molecule has 3 rings (SSSR count). The molecular weight excluding hydrogens is 466 g/mol. The maximum Gasteiger partial charge on any atom is 0.281 e. The summed E-state index contributed by atoms with van der Waals surface area (Å²) < 4.78 is 3.85. The van der Waals surface area contributed by atoms with E-state index in [1.54, 1.807) is 39.0 Å². The van der Waals surface area contributed by atoms with Crippen molar-refractivity contribution >= 4 is 46.3 Å². The van der Waals surface area contributed by atoms with Gasteiger partial charge in [-0.3, -0.25) is 24.6 Å². The quantitative estimate of drug-likeness (QED) is 0.383. The fourth-order valence-electron chi connectivity index (χ4n) is 3.22. The second-order valence-corrected chi connectivity index (χ2v) is 9.07. The normalized spacial score (nSPS) is 11.8. The zero-order valence-electron chi connectivity index (χ0n) is 18.4. The number of rotatable bonds is 7. The number of nitro groups is 1. The minimum atomic E-state index is -1.14. The Morgan fingerprint density at radius 1 is 1.15 bits per heavy atom. The van der Waals surface area contributed by atoms with Crippen molar-refractivity contribution in [3.05, 3.63) is 79.3 Å². The van der Waals surface area contributed by atoms with Crippen LogP contribution in [0.5, 0.6) is 0 Å². The van der Waals surface area contributed by atoms with Crippen LogP contribution < -0.4 is 10.2 Å². The van der Waals surface area contributed by atoms with Gasteiger partial charge in [0.2, 0.25) is 5.91 Å². The highest BCUT2D eigenvalue weighted by Gasteiger charge is 2.36. The number of nitro benzene ring substituents is 1. The molecule has 11 heteroatoms. The second kappa shape index (κ2) is 10.1. The number of nitrogens with one attached hydrogen (secondary N) is 1. The van der Waals surface area contributed by atoms with Gasteiger partial charge in [0.25, 0.3) is 11.6 Å². The second-order valence-electron chi connectivity index (χ2n) is 7.70. The van der Waals surface area contributed by atoms with E-state index in [0.717, 1.165) is 17.1 Å². The molecule has 0 radical (unpaired) electrons. The zero-order chi connectivity index (χ0) is 24.3. The molecule has 2 aromatic carbocycles. The number of amides is 2. The third-order valence-electron chi connectivity index (χ3n) is 4.86. The third-order valence-corrected chi connectivity index (χ3v) is 5.90. The molecule has 9 nitrogen and oxygen atoms in total. The first-order valence-corrected chi connectivity index (χ1v) is 11.2. The number of carbonyl (C=O) groups is 2. The minimum absolute atomic E-state index is 0.112. The summed E-state index contributed by atoms with van der Waals surface area (Å²) in [6.07, 6.45) is 0. The Labute approximate surface area is 199 Å². The predicted molar refractivity (Wildman–Crippen MR) is 127 cm³/mol. The summed E-state index contributed by atoms with van der Waals surface area (Å²) in [6.45, 7) is 7.14. The van der Waals surface area contributed by atoms with E-state index in [-0.39, 0.29) is 17.4 Å². The molecule has 0 spiro atoms. The Morgan fingerprint density at radius 2 is 1.82 bits per heavy atom. The molecule has 0 saturated carbocycles. The average molecular weight is 488 g/mol. The summed E-state index contributed by atoms with van der Waals surface area (Å²) >= 11 is 7.42. The monoisotopic (exact) mass is 487 g/mol. The van der Waals surface area contributed by atoms with E-state index < -0.39 is 22.8 Å². The van der Waals surface area contributed by atoms with E-state index in [4.69, 9.17) is 11.6 Å². The number of nitrogens with zero attached hydrogens (tertiary/aromatic N) is 4. The van der Waals surface area contributed by atoms with E-state index >= 15 is 0 Å². The van der Waals surface area contributed by atoms with Gasteiger partial charge in [-0.1, -0.05) is 22.2 Å². The highest BCUT2D eigenvalue weighted by molar-refractivity contribution is 7.05. The summed E-state index contributed by atoms with van der Waals surface area (Å²) in [6, 6.07) is 9.21. The van der Waals surface area contributed by atoms with Crippen molar-refractivity contribution in [2.45, 2.75) is 39.8 Å². The van der Waals surface area contributed by atoms with Crippen molar-refractivity contribution in [1.82, 2.24) is 14.9 Å². The van der Waals surface area contributed by atoms with Crippen molar-refractivity contribution in [3.63, 3.8) is 0 Å². The molecule has 0 bridgehead atoms. The van der Waals surface area contributed by atoms with Gasteiger partial charge in [0, 0.05) is 28.9 Å². The number of non-ortho nitro benzene ring substituents is 1. The molecule has 3 aromatic rings. The van der Waals surface area contributed by atoms with Crippen LogP contribution in [0.4, 0.5) is 11.4 Å². The van der Waals surface area contributed by atoms with E-state index in [9.17, 15) is 19.7 Å². The summed E-state index contributed by atoms with van der Waals surface area (Å²) in [5.74, 6) is -0.992. The molecule has 1 atom stereocenters. The fourth-order valence-corrected chi connectivity index (χ4v) is 3.85. The highest BCUT2D eigenvalue weighted by atomic mass is 35.5. The number of aromatic nitrogens is 2. The van der Waals surface area contributed by atoms with Crippen molar-refractivity contribution in [3.8, 4) is 0 Å². The van der Waals surface area contributed by atoms with Crippen LogP contribution >= 0.6 is 23.1 Å². The lowest BCUT2D eigenvalue weighted by molar-refractivity contribution is -0.384. The van der Waals surface area contributed by atoms with Crippen molar-refractivity contribution < 1.29 is 14.5 Å². The number of benzene rings is 2. The van der Waals surface area contributed by atoms with Gasteiger partial charge >= 0.3 is 0 Å². The van der Waals surface area contributed by atoms with Crippen LogP contribution in [0.2, 0.25) is 5.02 Å². The van der Waals surface area contributed by atoms with Crippen molar-refractivity contribution in [2.24, 2.45) is 0 Å². The van der Waals surface area contributed by atoms with Crippen LogP contribution in [-0.4, -0.2) is 32.4 Å². The zero-order valence-corrected chi connectivity index (χ0v) is 20.0. The van der Waals surface area contributed by atoms with E-state index in [0.29, 0.717) is 21.2 Å². The number of anilines is 1. The summed E-state index contributed by atoms with van der Waals surface area (Å²) in [4.78, 5) is 39.6. The van der Waals surface area contributed by atoms with Crippen LogP contribution in [0.3, 0.4) is 0 Å². The van der Waals surface area contributed by atoms with Crippen molar-refractivity contribution in [1.29, 1.82) is 0 Å². The van der Waals surface area contributed by atoms with Gasteiger partial charge in [0.05, 0.1) is 9.80 Å². The molecule has 1 N–H and O–H groups in total. The van der Waals surface area contributed by atoms with E-state index in [2.05, 4.69) is 14.9 Å². The van der Waals surface area contributed by atoms with E-state index in [1.807, 2.05) is 6.92 Å². The minimum Gasteiger partial charge on any atom is -0.352 e. The molecule has 2 amide bonds. The first-order chi connectivity index (χ1) is 15.6. The number of hydrogen-bond donors (Lipinski definition) is 1. The fraction of sp³-hybridized carbons (Fsp3) is 0.273. The van der Waals surface area contributed by atoms with E-state index in [1.165, 1.54) is 29.2 Å². The van der Waals surface area contributed by atoms with Crippen LogP contribution in [0, 0.1) is 24.0 Å². The Bertz CT molecular complexity index is 1200. The SMILES string of the molecule is Cc1ccc(N(C(=O)c2nnsc2C)C(C(=O)NC(C)C)c2ccc([N+](=O)[O-])cc2)cc1Cl. The van der Waals surface area contributed by atoms with Gasteiger partial charge in [0.15, 0.2) is 5.69 Å². The molecule has 1 heterocycles. The smallest absolute Gasteiger partial charge is 0.281 e. The standard InChI is InChI=1S/C22H22ClN5O4S/c1-12(2)24-21(29)20(15-6-9-16(10-7-15)28(31)32)27(17-8-5-13(3)18(23)11-17)22(30)19-14(4)33-26-25-19/h5-12,20H,1-4H3,(H,24,29). The Morgan fingerprint density at radius 3 is 2.33 bits per heavy atom.